The van der Waals surface area contributed by atoms with Crippen LogP contribution in [-0.4, -0.2) is 2.78 Å². The fraction of sp³-hybridized carbons (Fsp3) is 0. The van der Waals surface area contributed by atoms with Crippen LogP contribution in [0, 0.1) is 11.3 Å². The van der Waals surface area contributed by atoms with Crippen molar-refractivity contribution >= 4 is 57.0 Å². The summed E-state index contributed by atoms with van der Waals surface area (Å²) in [4.78, 5) is 0. The number of hydrogen-bond donors (Lipinski definition) is 0. The number of fused-ring (bicyclic) bond motifs is 1. The molecule has 0 bridgehead atoms. The third-order valence-corrected chi connectivity index (χ3v) is 3.46. The van der Waals surface area contributed by atoms with E-state index in [1.165, 1.54) is 0 Å². The second-order valence-electron chi connectivity index (χ2n) is 2.74. The highest BCUT2D eigenvalue weighted by molar-refractivity contribution is 14.1. The van der Waals surface area contributed by atoms with Gasteiger partial charge in [-0.2, -0.15) is 5.26 Å². The molecule has 0 saturated carbocycles. The van der Waals surface area contributed by atoms with Gasteiger partial charge in [0.1, 0.15) is 11.8 Å². The first kappa shape index (κ1) is 10.1. The van der Waals surface area contributed by atoms with E-state index in [4.69, 9.17) is 28.5 Å². The van der Waals surface area contributed by atoms with Crippen LogP contribution in [0.4, 0.5) is 0 Å². The van der Waals surface area contributed by atoms with Gasteiger partial charge in [0.25, 0.3) is 0 Å². The topological polar surface area (TPSA) is 28.7 Å². The molecule has 0 aliphatic rings. The van der Waals surface area contributed by atoms with Gasteiger partial charge in [0.05, 0.1) is 33.4 Å². The molecular formula is C9H3Cl2IN2. The van der Waals surface area contributed by atoms with Gasteiger partial charge < -0.3 is 0 Å². The summed E-state index contributed by atoms with van der Waals surface area (Å²) in [6, 6.07) is 7.29. The van der Waals surface area contributed by atoms with Gasteiger partial charge in [-0.05, 0) is 18.2 Å². The van der Waals surface area contributed by atoms with Crippen LogP contribution in [0.5, 0.6) is 0 Å². The maximum absolute atomic E-state index is 8.83. The van der Waals surface area contributed by atoms with Gasteiger partial charge in [-0.15, -0.1) is 0 Å². The molecule has 0 amide bonds. The van der Waals surface area contributed by atoms with E-state index in [1.807, 2.05) is 22.9 Å². The summed E-state index contributed by atoms with van der Waals surface area (Å²) >= 11 is 13.9. The molecule has 0 N–H and O–H groups in total. The summed E-state index contributed by atoms with van der Waals surface area (Å²) in [6.45, 7) is 0. The zero-order valence-electron chi connectivity index (χ0n) is 6.76. The molecule has 1 aromatic carbocycles. The molecule has 5 heteroatoms. The molecule has 14 heavy (non-hydrogen) atoms. The molecule has 2 aromatic rings. The van der Waals surface area contributed by atoms with Crippen LogP contribution in [0.1, 0.15) is 5.69 Å². The quantitative estimate of drug-likeness (QED) is 0.668. The van der Waals surface area contributed by atoms with E-state index in [2.05, 4.69) is 6.07 Å². The Kier molecular flexibility index (Phi) is 2.60. The lowest BCUT2D eigenvalue weighted by Crippen LogP contribution is -1.81. The number of aromatic nitrogens is 1. The Morgan fingerprint density at radius 2 is 2.00 bits per heavy atom. The van der Waals surface area contributed by atoms with E-state index < -0.39 is 0 Å². The van der Waals surface area contributed by atoms with Crippen molar-refractivity contribution in [3.05, 3.63) is 33.9 Å². The molecule has 0 radical (unpaired) electrons. The van der Waals surface area contributed by atoms with Crippen molar-refractivity contribution in [2.75, 3.05) is 0 Å². The first-order valence-corrected chi connectivity index (χ1v) is 5.42. The number of rotatable bonds is 0. The fourth-order valence-electron chi connectivity index (χ4n) is 1.28. The third kappa shape index (κ3) is 1.48. The Hall–Kier alpha value is -0.440. The van der Waals surface area contributed by atoms with Crippen LogP contribution in [0.25, 0.3) is 10.9 Å². The lowest BCUT2D eigenvalue weighted by molar-refractivity contribution is 1.33. The van der Waals surface area contributed by atoms with Crippen LogP contribution in [0.2, 0.25) is 10.0 Å². The van der Waals surface area contributed by atoms with Gasteiger partial charge in [0.15, 0.2) is 0 Å². The highest BCUT2D eigenvalue weighted by Gasteiger charge is 2.09. The van der Waals surface area contributed by atoms with Crippen LogP contribution >= 0.6 is 46.1 Å². The minimum atomic E-state index is 0.560. The lowest BCUT2D eigenvalue weighted by Gasteiger charge is -1.97. The minimum Gasteiger partial charge on any atom is -0.273 e. The first-order chi connectivity index (χ1) is 6.63. The van der Waals surface area contributed by atoms with Crippen molar-refractivity contribution in [3.8, 4) is 6.07 Å². The van der Waals surface area contributed by atoms with Crippen molar-refractivity contribution in [1.29, 1.82) is 5.26 Å². The van der Waals surface area contributed by atoms with Gasteiger partial charge >= 0.3 is 0 Å². The molecule has 2 rings (SSSR count). The van der Waals surface area contributed by atoms with Gasteiger partial charge in [-0.3, -0.25) is 2.78 Å². The maximum Gasteiger partial charge on any atom is 0.130 e. The Morgan fingerprint density at radius 1 is 1.29 bits per heavy atom. The molecule has 0 spiro atoms. The highest BCUT2D eigenvalue weighted by Crippen LogP contribution is 2.31. The first-order valence-electron chi connectivity index (χ1n) is 3.70. The van der Waals surface area contributed by atoms with E-state index in [1.54, 1.807) is 21.0 Å². The summed E-state index contributed by atoms with van der Waals surface area (Å²) in [5.41, 5.74) is 1.42. The van der Waals surface area contributed by atoms with E-state index in [0.29, 0.717) is 15.7 Å². The van der Waals surface area contributed by atoms with Crippen molar-refractivity contribution < 1.29 is 0 Å². The number of halogens is 3. The van der Waals surface area contributed by atoms with Crippen molar-refractivity contribution in [2.45, 2.75) is 0 Å². The lowest BCUT2D eigenvalue weighted by atomic mass is 10.2. The zero-order valence-corrected chi connectivity index (χ0v) is 10.4. The van der Waals surface area contributed by atoms with E-state index in [-0.39, 0.29) is 0 Å². The van der Waals surface area contributed by atoms with Crippen LogP contribution in [-0.2, 0) is 0 Å². The van der Waals surface area contributed by atoms with E-state index in [0.717, 1.165) is 10.9 Å². The largest absolute Gasteiger partial charge is 0.273 e. The number of nitrogens with zero attached hydrogens (tertiary/aromatic N) is 2. The van der Waals surface area contributed by atoms with Gasteiger partial charge in [0, 0.05) is 10.4 Å². The predicted molar refractivity (Wildman–Crippen MR) is 66.1 cm³/mol. The monoisotopic (exact) mass is 336 g/mol. The smallest absolute Gasteiger partial charge is 0.130 e. The molecule has 0 fully saturated rings. The highest BCUT2D eigenvalue weighted by atomic mass is 127. The van der Waals surface area contributed by atoms with Gasteiger partial charge in [-0.1, -0.05) is 23.2 Å². The second kappa shape index (κ2) is 3.61. The molecule has 70 valence electrons. The number of benzene rings is 1. The Morgan fingerprint density at radius 3 is 2.64 bits per heavy atom. The summed E-state index contributed by atoms with van der Waals surface area (Å²) in [5, 5.41) is 10.8. The number of hydrogen-bond acceptors (Lipinski definition) is 1. The zero-order chi connectivity index (χ0) is 10.3. The molecule has 0 aliphatic carbocycles. The van der Waals surface area contributed by atoms with E-state index >= 15 is 0 Å². The molecular weight excluding hydrogens is 334 g/mol. The van der Waals surface area contributed by atoms with Crippen molar-refractivity contribution in [3.63, 3.8) is 0 Å². The molecule has 0 atom stereocenters. The molecule has 1 heterocycles. The van der Waals surface area contributed by atoms with Crippen LogP contribution in [0.3, 0.4) is 0 Å². The van der Waals surface area contributed by atoms with E-state index in [9.17, 15) is 0 Å². The van der Waals surface area contributed by atoms with Crippen molar-refractivity contribution in [2.24, 2.45) is 0 Å². The molecule has 0 saturated heterocycles. The van der Waals surface area contributed by atoms with Crippen LogP contribution < -0.4 is 0 Å². The number of nitriles is 1. The standard InChI is InChI=1S/C9H3Cl2IN2/c10-5-1-8(11)7-3-6(4-13)14(12)9(7)2-5/h1-3H. The van der Waals surface area contributed by atoms with Gasteiger partial charge in [0.2, 0.25) is 0 Å². The molecule has 0 aliphatic heterocycles. The average Bonchev–Trinajstić information content (AvgIpc) is 2.44. The summed E-state index contributed by atoms with van der Waals surface area (Å²) in [7, 11) is 0. The Bertz CT molecular complexity index is 554. The van der Waals surface area contributed by atoms with Crippen molar-refractivity contribution in [1.82, 2.24) is 2.78 Å². The fourth-order valence-corrected chi connectivity index (χ4v) is 2.46. The SMILES string of the molecule is N#Cc1cc2c(Cl)cc(Cl)cc2n1I. The molecule has 1 aromatic heterocycles. The summed E-state index contributed by atoms with van der Waals surface area (Å²) in [5.74, 6) is 0. The Balaban J connectivity index is 2.94. The maximum atomic E-state index is 8.83. The average molecular weight is 337 g/mol. The van der Waals surface area contributed by atoms with Gasteiger partial charge in [-0.25, -0.2) is 0 Å². The third-order valence-electron chi connectivity index (χ3n) is 1.89. The summed E-state index contributed by atoms with van der Waals surface area (Å²) in [6.07, 6.45) is 0. The minimum absolute atomic E-state index is 0.560. The Labute approximate surface area is 105 Å². The molecule has 2 nitrogen and oxygen atoms in total. The predicted octanol–water partition coefficient (Wildman–Crippen LogP) is 4.02. The normalized spacial score (nSPS) is 10.4. The van der Waals surface area contributed by atoms with Crippen LogP contribution in [0.15, 0.2) is 18.2 Å². The second-order valence-corrected chi connectivity index (χ2v) is 4.55. The molecule has 0 unspecified atom stereocenters. The summed E-state index contributed by atoms with van der Waals surface area (Å²) < 4.78 is 1.74.